The van der Waals surface area contributed by atoms with Gasteiger partial charge in [0, 0.05) is 10.9 Å². The van der Waals surface area contributed by atoms with Gasteiger partial charge in [-0.1, -0.05) is 35.3 Å². The molecule has 1 aliphatic carbocycles. The van der Waals surface area contributed by atoms with E-state index >= 15 is 0 Å². The molecule has 1 fully saturated rings. The van der Waals surface area contributed by atoms with Crippen LogP contribution in [-0.2, 0) is 17.8 Å². The minimum Gasteiger partial charge on any atom is -0.444 e. The van der Waals surface area contributed by atoms with Crippen molar-refractivity contribution in [3.63, 3.8) is 0 Å². The van der Waals surface area contributed by atoms with Crippen LogP contribution in [0, 0.1) is 5.82 Å². The van der Waals surface area contributed by atoms with E-state index in [0.717, 1.165) is 48.3 Å². The number of hydrogen-bond donors (Lipinski definition) is 0. The number of nitrogens with zero attached hydrogens (tertiary/aromatic N) is 4. The third-order valence-electron chi connectivity index (χ3n) is 6.90. The van der Waals surface area contributed by atoms with Gasteiger partial charge in [-0.2, -0.15) is 0 Å². The van der Waals surface area contributed by atoms with E-state index < -0.39 is 11.7 Å². The summed E-state index contributed by atoms with van der Waals surface area (Å²) in [4.78, 5) is 14.6. The molecule has 190 valence electrons. The van der Waals surface area contributed by atoms with Gasteiger partial charge in [0.25, 0.3) is 0 Å². The number of ether oxygens (including phenoxy) is 1. The fourth-order valence-electron chi connectivity index (χ4n) is 5.24. The summed E-state index contributed by atoms with van der Waals surface area (Å²) in [5.41, 5.74) is 2.11. The topological polar surface area (TPSA) is 60.2 Å². The molecule has 1 aliphatic heterocycles. The molecule has 1 amide bonds. The van der Waals surface area contributed by atoms with Gasteiger partial charge in [0.1, 0.15) is 17.2 Å². The second-order valence-electron chi connectivity index (χ2n) is 10.6. The molecule has 0 N–H and O–H groups in total. The molecule has 9 heteroatoms. The van der Waals surface area contributed by atoms with Gasteiger partial charge in [-0.25, -0.2) is 9.18 Å². The molecule has 2 heterocycles. The molecule has 36 heavy (non-hydrogen) atoms. The van der Waals surface area contributed by atoms with E-state index in [9.17, 15) is 9.18 Å². The normalized spacial score (nSPS) is 19.9. The molecule has 0 atom stereocenters. The number of rotatable bonds is 2. The van der Waals surface area contributed by atoms with Gasteiger partial charge in [0.05, 0.1) is 23.8 Å². The Labute approximate surface area is 220 Å². The smallest absolute Gasteiger partial charge is 0.411 e. The van der Waals surface area contributed by atoms with E-state index in [4.69, 9.17) is 27.9 Å². The fourth-order valence-corrected chi connectivity index (χ4v) is 5.72. The Morgan fingerprint density at radius 1 is 1.03 bits per heavy atom. The second-order valence-corrected chi connectivity index (χ2v) is 11.4. The van der Waals surface area contributed by atoms with Crippen molar-refractivity contribution in [2.24, 2.45) is 0 Å². The molecule has 0 saturated heterocycles. The van der Waals surface area contributed by atoms with Crippen LogP contribution in [0.4, 0.5) is 9.18 Å². The maximum absolute atomic E-state index is 14.0. The summed E-state index contributed by atoms with van der Waals surface area (Å²) in [5, 5.41) is 9.93. The fraction of sp³-hybridized carbons (Fsp3) is 0.444. The van der Waals surface area contributed by atoms with Gasteiger partial charge in [-0.05, 0) is 87.8 Å². The van der Waals surface area contributed by atoms with Crippen LogP contribution in [0.1, 0.15) is 81.1 Å². The Kier molecular flexibility index (Phi) is 6.72. The number of benzene rings is 2. The van der Waals surface area contributed by atoms with Gasteiger partial charge in [-0.15, -0.1) is 10.2 Å². The standard InChI is InChI=1S/C27H29Cl2FN4O2/c1-27(2,3)36-26(35)33-14-18-13-19(28)11-12-22(18)34-23(15-33)31-32-25(34)17-9-7-16(8-10-17)20-5-4-6-21(30)24(20)29/h4-6,11-13,16-17H,7-10,14-15H2,1-3H3. The minimum atomic E-state index is -0.609. The zero-order chi connectivity index (χ0) is 25.6. The monoisotopic (exact) mass is 530 g/mol. The van der Waals surface area contributed by atoms with E-state index in [1.165, 1.54) is 6.07 Å². The van der Waals surface area contributed by atoms with Crippen molar-refractivity contribution < 1.29 is 13.9 Å². The lowest BCUT2D eigenvalue weighted by atomic mass is 9.78. The first-order chi connectivity index (χ1) is 17.1. The SMILES string of the molecule is CC(C)(C)OC(=O)N1Cc2cc(Cl)ccc2-n2c(nnc2C2CCC(c3cccc(F)c3Cl)CC2)C1. The predicted octanol–water partition coefficient (Wildman–Crippen LogP) is 7.41. The van der Waals surface area contributed by atoms with Crippen molar-refractivity contribution in [2.45, 2.75) is 77.0 Å². The Bertz CT molecular complexity index is 1300. The molecule has 3 aromatic rings. The van der Waals surface area contributed by atoms with Gasteiger partial charge in [0.2, 0.25) is 0 Å². The summed E-state index contributed by atoms with van der Waals surface area (Å²) >= 11 is 12.6. The number of hydrogen-bond acceptors (Lipinski definition) is 4. The van der Waals surface area contributed by atoms with E-state index in [-0.39, 0.29) is 29.2 Å². The Morgan fingerprint density at radius 2 is 1.75 bits per heavy atom. The average Bonchev–Trinajstić information content (AvgIpc) is 3.15. The van der Waals surface area contributed by atoms with Crippen LogP contribution in [0.3, 0.4) is 0 Å². The molecular formula is C27H29Cl2FN4O2. The number of carbonyl (C=O) groups is 1. The summed E-state index contributed by atoms with van der Waals surface area (Å²) in [7, 11) is 0. The Balaban J connectivity index is 1.44. The molecular weight excluding hydrogens is 502 g/mol. The highest BCUT2D eigenvalue weighted by atomic mass is 35.5. The summed E-state index contributed by atoms with van der Waals surface area (Å²) in [6.07, 6.45) is 3.13. The van der Waals surface area contributed by atoms with Crippen LogP contribution >= 0.6 is 23.2 Å². The molecule has 0 spiro atoms. The van der Waals surface area contributed by atoms with Crippen LogP contribution in [0.2, 0.25) is 10.0 Å². The van der Waals surface area contributed by atoms with E-state index in [0.29, 0.717) is 17.4 Å². The predicted molar refractivity (Wildman–Crippen MR) is 137 cm³/mol. The van der Waals surface area contributed by atoms with Crippen LogP contribution < -0.4 is 0 Å². The largest absolute Gasteiger partial charge is 0.444 e. The number of aromatic nitrogens is 3. The van der Waals surface area contributed by atoms with Crippen molar-refractivity contribution >= 4 is 29.3 Å². The lowest BCUT2D eigenvalue weighted by molar-refractivity contribution is 0.0214. The summed E-state index contributed by atoms with van der Waals surface area (Å²) < 4.78 is 21.7. The van der Waals surface area contributed by atoms with Crippen LogP contribution in [0.5, 0.6) is 0 Å². The van der Waals surface area contributed by atoms with Gasteiger partial charge in [0.15, 0.2) is 5.82 Å². The molecule has 1 aromatic heterocycles. The number of carbonyl (C=O) groups excluding carboxylic acids is 1. The molecule has 0 unspecified atom stereocenters. The Hall–Kier alpha value is -2.64. The zero-order valence-electron chi connectivity index (χ0n) is 20.6. The van der Waals surface area contributed by atoms with Gasteiger partial charge in [-0.3, -0.25) is 9.47 Å². The highest BCUT2D eigenvalue weighted by Crippen LogP contribution is 2.43. The minimum absolute atomic E-state index is 0.187. The maximum atomic E-state index is 14.0. The quantitative estimate of drug-likeness (QED) is 0.346. The van der Waals surface area contributed by atoms with E-state index in [2.05, 4.69) is 14.8 Å². The molecule has 0 bridgehead atoms. The highest BCUT2D eigenvalue weighted by Gasteiger charge is 2.33. The van der Waals surface area contributed by atoms with Crippen molar-refractivity contribution in [3.05, 3.63) is 75.0 Å². The van der Waals surface area contributed by atoms with Crippen LogP contribution in [0.25, 0.3) is 5.69 Å². The molecule has 0 radical (unpaired) electrons. The summed E-state index contributed by atoms with van der Waals surface area (Å²) in [5.74, 6) is 1.59. The number of halogens is 3. The molecule has 2 aliphatic rings. The molecule has 2 aromatic carbocycles. The van der Waals surface area contributed by atoms with Crippen LogP contribution in [-0.4, -0.2) is 31.4 Å². The van der Waals surface area contributed by atoms with E-state index in [1.54, 1.807) is 11.0 Å². The van der Waals surface area contributed by atoms with Crippen molar-refractivity contribution in [1.82, 2.24) is 19.7 Å². The van der Waals surface area contributed by atoms with Gasteiger partial charge < -0.3 is 4.74 Å². The van der Waals surface area contributed by atoms with Gasteiger partial charge >= 0.3 is 6.09 Å². The highest BCUT2D eigenvalue weighted by molar-refractivity contribution is 6.31. The first kappa shape index (κ1) is 25.0. The average molecular weight is 531 g/mol. The van der Waals surface area contributed by atoms with E-state index in [1.807, 2.05) is 45.0 Å². The second kappa shape index (κ2) is 9.67. The number of fused-ring (bicyclic) bond motifs is 3. The third-order valence-corrected chi connectivity index (χ3v) is 7.53. The molecule has 1 saturated carbocycles. The number of amides is 1. The summed E-state index contributed by atoms with van der Waals surface area (Å²) in [6.45, 7) is 6.19. The molecule has 5 rings (SSSR count). The van der Waals surface area contributed by atoms with Crippen molar-refractivity contribution in [1.29, 1.82) is 0 Å². The maximum Gasteiger partial charge on any atom is 0.411 e. The first-order valence-corrected chi connectivity index (χ1v) is 13.0. The zero-order valence-corrected chi connectivity index (χ0v) is 22.1. The van der Waals surface area contributed by atoms with Crippen molar-refractivity contribution in [3.8, 4) is 5.69 Å². The van der Waals surface area contributed by atoms with Crippen molar-refractivity contribution in [2.75, 3.05) is 0 Å². The lowest BCUT2D eigenvalue weighted by Crippen LogP contribution is -2.35. The molecule has 6 nitrogen and oxygen atoms in total. The van der Waals surface area contributed by atoms with Crippen LogP contribution in [0.15, 0.2) is 36.4 Å². The lowest BCUT2D eigenvalue weighted by Gasteiger charge is -2.29. The summed E-state index contributed by atoms with van der Waals surface area (Å²) in [6, 6.07) is 10.7. The first-order valence-electron chi connectivity index (χ1n) is 12.3. The Morgan fingerprint density at radius 3 is 2.47 bits per heavy atom. The third kappa shape index (κ3) is 4.96.